The Balaban J connectivity index is 1.63. The van der Waals surface area contributed by atoms with Crippen LogP contribution in [0.25, 0.3) is 0 Å². The molecule has 2 aromatic rings. The molecule has 0 spiro atoms. The van der Waals surface area contributed by atoms with E-state index in [-0.39, 0.29) is 11.9 Å². The summed E-state index contributed by atoms with van der Waals surface area (Å²) in [5.41, 5.74) is 0.794. The Morgan fingerprint density at radius 1 is 1.41 bits per heavy atom. The van der Waals surface area contributed by atoms with Gasteiger partial charge in [-0.05, 0) is 26.9 Å². The van der Waals surface area contributed by atoms with Crippen molar-refractivity contribution in [3.63, 3.8) is 0 Å². The van der Waals surface area contributed by atoms with Crippen LogP contribution in [0.15, 0.2) is 18.6 Å². The van der Waals surface area contributed by atoms with Gasteiger partial charge in [0.25, 0.3) is 0 Å². The van der Waals surface area contributed by atoms with Crippen molar-refractivity contribution < 1.29 is 4.79 Å². The average molecular weight is 393 g/mol. The van der Waals surface area contributed by atoms with E-state index in [0.717, 1.165) is 25.1 Å². The Hall–Kier alpha value is -2.39. The summed E-state index contributed by atoms with van der Waals surface area (Å²) in [5.74, 6) is 1.13. The second-order valence-corrected chi connectivity index (χ2v) is 7.33. The number of hydrogen-bond donors (Lipinski definition) is 2. The zero-order valence-corrected chi connectivity index (χ0v) is 16.6. The van der Waals surface area contributed by atoms with Crippen LogP contribution in [0.5, 0.6) is 0 Å². The van der Waals surface area contributed by atoms with Gasteiger partial charge in [-0.3, -0.25) is 9.48 Å². The van der Waals surface area contributed by atoms with E-state index in [1.807, 2.05) is 37.1 Å². The van der Waals surface area contributed by atoms with Crippen LogP contribution in [-0.4, -0.2) is 75.2 Å². The van der Waals surface area contributed by atoms with Gasteiger partial charge in [-0.1, -0.05) is 11.6 Å². The third-order valence-electron chi connectivity index (χ3n) is 4.36. The highest BCUT2D eigenvalue weighted by Crippen LogP contribution is 2.23. The average Bonchev–Trinajstić information content (AvgIpc) is 3.23. The van der Waals surface area contributed by atoms with Gasteiger partial charge in [-0.15, -0.1) is 0 Å². The van der Waals surface area contributed by atoms with Crippen LogP contribution in [0.3, 0.4) is 0 Å². The van der Waals surface area contributed by atoms with Crippen LogP contribution in [0, 0.1) is 0 Å². The molecule has 1 fully saturated rings. The highest BCUT2D eigenvalue weighted by molar-refractivity contribution is 6.32. The van der Waals surface area contributed by atoms with Crippen LogP contribution in [0.2, 0.25) is 5.02 Å². The molecule has 1 aliphatic heterocycles. The van der Waals surface area contributed by atoms with E-state index in [9.17, 15) is 4.79 Å². The largest absolute Gasteiger partial charge is 0.367 e. The van der Waals surface area contributed by atoms with Gasteiger partial charge < -0.3 is 20.4 Å². The van der Waals surface area contributed by atoms with Crippen molar-refractivity contribution in [3.8, 4) is 0 Å². The van der Waals surface area contributed by atoms with Crippen LogP contribution in [0.4, 0.5) is 17.5 Å². The molecule has 27 heavy (non-hydrogen) atoms. The number of anilines is 3. The van der Waals surface area contributed by atoms with Crippen molar-refractivity contribution in [1.82, 2.24) is 29.5 Å². The summed E-state index contributed by atoms with van der Waals surface area (Å²) in [6, 6.07) is 0.137. The monoisotopic (exact) mass is 392 g/mol. The van der Waals surface area contributed by atoms with Gasteiger partial charge in [-0.25, -0.2) is 4.98 Å². The van der Waals surface area contributed by atoms with Crippen molar-refractivity contribution in [3.05, 3.63) is 23.6 Å². The third-order valence-corrected chi connectivity index (χ3v) is 4.64. The lowest BCUT2D eigenvalue weighted by Gasteiger charge is -2.26. The van der Waals surface area contributed by atoms with Crippen molar-refractivity contribution in [1.29, 1.82) is 0 Å². The summed E-state index contributed by atoms with van der Waals surface area (Å²) in [6.45, 7) is 1.82. The Morgan fingerprint density at radius 3 is 2.93 bits per heavy atom. The molecule has 3 heterocycles. The van der Waals surface area contributed by atoms with Crippen LogP contribution < -0.4 is 10.6 Å². The SMILES string of the molecule is CN(C)CC(=O)N1CCC[C@@H]1CNc1nc(Nc2cnn(C)c2)ncc1Cl. The maximum absolute atomic E-state index is 12.4. The molecular weight excluding hydrogens is 368 g/mol. The molecule has 1 saturated heterocycles. The van der Waals surface area contributed by atoms with Gasteiger partial charge in [-0.2, -0.15) is 10.1 Å². The summed E-state index contributed by atoms with van der Waals surface area (Å²) in [6.07, 6.45) is 7.06. The number of nitrogens with zero attached hydrogens (tertiary/aromatic N) is 6. The number of rotatable bonds is 7. The second kappa shape index (κ2) is 8.53. The fourth-order valence-electron chi connectivity index (χ4n) is 3.12. The lowest BCUT2D eigenvalue weighted by Crippen LogP contribution is -2.43. The van der Waals surface area contributed by atoms with Gasteiger partial charge in [0.1, 0.15) is 5.02 Å². The van der Waals surface area contributed by atoms with Crippen molar-refractivity contribution in [2.75, 3.05) is 44.4 Å². The van der Waals surface area contributed by atoms with E-state index in [1.54, 1.807) is 17.1 Å². The van der Waals surface area contributed by atoms with E-state index < -0.39 is 0 Å². The summed E-state index contributed by atoms with van der Waals surface area (Å²) in [5, 5.41) is 10.9. The smallest absolute Gasteiger partial charge is 0.237 e. The van der Waals surface area contributed by atoms with E-state index in [4.69, 9.17) is 11.6 Å². The topological polar surface area (TPSA) is 91.2 Å². The minimum Gasteiger partial charge on any atom is -0.367 e. The zero-order chi connectivity index (χ0) is 19.4. The van der Waals surface area contributed by atoms with Crippen LogP contribution in [-0.2, 0) is 11.8 Å². The summed E-state index contributed by atoms with van der Waals surface area (Å²) in [4.78, 5) is 24.9. The number of carbonyl (C=O) groups excluding carboxylic acids is 1. The first-order valence-corrected chi connectivity index (χ1v) is 9.26. The van der Waals surface area contributed by atoms with E-state index in [1.165, 1.54) is 0 Å². The second-order valence-electron chi connectivity index (χ2n) is 6.92. The molecule has 1 atom stereocenters. The molecule has 0 bridgehead atoms. The first-order chi connectivity index (χ1) is 12.9. The maximum atomic E-state index is 12.4. The predicted molar refractivity (Wildman–Crippen MR) is 105 cm³/mol. The first kappa shape index (κ1) is 19.4. The minimum atomic E-state index is 0.137. The molecule has 0 radical (unpaired) electrons. The molecule has 1 amide bonds. The number of halogens is 1. The number of amides is 1. The Kier molecular flexibility index (Phi) is 6.12. The summed E-state index contributed by atoms with van der Waals surface area (Å²) < 4.78 is 1.69. The molecule has 9 nitrogen and oxygen atoms in total. The highest BCUT2D eigenvalue weighted by atomic mass is 35.5. The molecule has 1 aliphatic rings. The van der Waals surface area contributed by atoms with Gasteiger partial charge in [0, 0.05) is 32.4 Å². The lowest BCUT2D eigenvalue weighted by molar-refractivity contribution is -0.132. The molecule has 2 N–H and O–H groups in total. The zero-order valence-electron chi connectivity index (χ0n) is 15.8. The summed E-state index contributed by atoms with van der Waals surface area (Å²) in [7, 11) is 5.64. The quantitative estimate of drug-likeness (QED) is 0.739. The maximum Gasteiger partial charge on any atom is 0.237 e. The van der Waals surface area contributed by atoms with Gasteiger partial charge >= 0.3 is 0 Å². The number of likely N-dealkylation sites (N-methyl/N-ethyl adjacent to an activating group) is 1. The number of nitrogens with one attached hydrogen (secondary N) is 2. The molecule has 0 aliphatic carbocycles. The van der Waals surface area contributed by atoms with E-state index >= 15 is 0 Å². The Morgan fingerprint density at radius 2 is 2.22 bits per heavy atom. The first-order valence-electron chi connectivity index (χ1n) is 8.88. The van der Waals surface area contributed by atoms with Crippen LogP contribution in [0.1, 0.15) is 12.8 Å². The van der Waals surface area contributed by atoms with Crippen LogP contribution >= 0.6 is 11.6 Å². The molecule has 0 aromatic carbocycles. The van der Waals surface area contributed by atoms with Crippen molar-refractivity contribution in [2.45, 2.75) is 18.9 Å². The number of aromatic nitrogens is 4. The van der Waals surface area contributed by atoms with E-state index in [0.29, 0.717) is 29.9 Å². The highest BCUT2D eigenvalue weighted by Gasteiger charge is 2.28. The Labute approximate surface area is 163 Å². The molecule has 0 unspecified atom stereocenters. The predicted octanol–water partition coefficient (Wildman–Crippen LogP) is 1.57. The fraction of sp³-hybridized carbons (Fsp3) is 0.529. The lowest BCUT2D eigenvalue weighted by atomic mass is 10.2. The molecule has 146 valence electrons. The number of aryl methyl sites for hydroxylation is 1. The molecule has 2 aromatic heterocycles. The summed E-state index contributed by atoms with van der Waals surface area (Å²) >= 11 is 6.24. The number of likely N-dealkylation sites (tertiary alicyclic amines) is 1. The van der Waals surface area contributed by atoms with E-state index in [2.05, 4.69) is 25.7 Å². The van der Waals surface area contributed by atoms with Gasteiger partial charge in [0.15, 0.2) is 5.82 Å². The third kappa shape index (κ3) is 5.08. The fourth-order valence-corrected chi connectivity index (χ4v) is 3.28. The van der Waals surface area contributed by atoms with Gasteiger partial charge in [0.05, 0.1) is 24.6 Å². The standard InChI is InChI=1S/C17H25ClN8O/c1-24(2)11-15(27)26-6-4-5-13(26)8-19-16-14(18)9-20-17(23-16)22-12-7-21-25(3)10-12/h7,9-10,13H,4-6,8,11H2,1-3H3,(H2,19,20,22,23)/t13-/m1/s1. The normalized spacial score (nSPS) is 16.8. The molecule has 3 rings (SSSR count). The number of hydrogen-bond acceptors (Lipinski definition) is 7. The van der Waals surface area contributed by atoms with Crippen molar-refractivity contribution in [2.24, 2.45) is 7.05 Å². The Bertz CT molecular complexity index is 793. The molecular formula is C17H25ClN8O. The molecule has 0 saturated carbocycles. The minimum absolute atomic E-state index is 0.137. The van der Waals surface area contributed by atoms with Gasteiger partial charge in [0.2, 0.25) is 11.9 Å². The number of carbonyl (C=O) groups is 1. The van der Waals surface area contributed by atoms with Crippen molar-refractivity contribution >= 4 is 35.0 Å². The molecule has 10 heteroatoms.